The molecule has 2 saturated carbocycles. The molecule has 0 spiro atoms. The number of fused-ring (bicyclic) bond motifs is 2. The van der Waals surface area contributed by atoms with Crippen LogP contribution < -0.4 is 10.6 Å². The highest BCUT2D eigenvalue weighted by Gasteiger charge is 2.38. The Morgan fingerprint density at radius 1 is 0.696 bits per heavy atom. The van der Waals surface area contributed by atoms with Crippen molar-refractivity contribution in [1.82, 2.24) is 10.6 Å². The van der Waals surface area contributed by atoms with Crippen LogP contribution in [-0.2, 0) is 0 Å². The Morgan fingerprint density at radius 2 is 1.35 bits per heavy atom. The zero-order valence-electron chi connectivity index (χ0n) is 14.4. The highest BCUT2D eigenvalue weighted by atomic mass is 35.7. The van der Waals surface area contributed by atoms with Gasteiger partial charge in [-0.2, -0.15) is 0 Å². The molecule has 2 aliphatic carbocycles. The van der Waals surface area contributed by atoms with Gasteiger partial charge in [-0.3, -0.25) is 0 Å². The van der Waals surface area contributed by atoms with Gasteiger partial charge in [-0.25, -0.2) is 0 Å². The topological polar surface area (TPSA) is 24.1 Å². The van der Waals surface area contributed by atoms with Crippen molar-refractivity contribution in [3.63, 3.8) is 0 Å². The van der Waals surface area contributed by atoms with Crippen LogP contribution >= 0.6 is 22.2 Å². The van der Waals surface area contributed by atoms with E-state index in [9.17, 15) is 0 Å². The van der Waals surface area contributed by atoms with Crippen LogP contribution in [0.5, 0.6) is 0 Å². The number of halogens is 2. The van der Waals surface area contributed by atoms with E-state index in [1.807, 2.05) is 0 Å². The van der Waals surface area contributed by atoms with Crippen molar-refractivity contribution in [2.45, 2.75) is 69.9 Å². The third-order valence-corrected chi connectivity index (χ3v) is 9.66. The number of hydrogen-bond acceptors (Lipinski definition) is 2. The van der Waals surface area contributed by atoms with Gasteiger partial charge in [-0.15, -0.1) is 22.2 Å². The lowest BCUT2D eigenvalue weighted by Gasteiger charge is -2.42. The Labute approximate surface area is 153 Å². The number of piperidine rings is 2. The molecule has 5 unspecified atom stereocenters. The van der Waals surface area contributed by atoms with E-state index < -0.39 is 7.42 Å². The van der Waals surface area contributed by atoms with Gasteiger partial charge in [0.2, 0.25) is 0 Å². The summed E-state index contributed by atoms with van der Waals surface area (Å²) in [5, 5.41) is 7.00. The molecule has 4 aliphatic rings. The van der Waals surface area contributed by atoms with Gasteiger partial charge < -0.3 is 10.6 Å². The molecular formula is C18H34Cl2N2Si. The number of rotatable bonds is 1. The zero-order chi connectivity index (χ0) is 16.1. The predicted octanol–water partition coefficient (Wildman–Crippen LogP) is 4.18. The van der Waals surface area contributed by atoms with Crippen molar-refractivity contribution in [1.29, 1.82) is 0 Å². The zero-order valence-corrected chi connectivity index (χ0v) is 17.1. The summed E-state index contributed by atoms with van der Waals surface area (Å²) in [7, 11) is -1.51. The van der Waals surface area contributed by atoms with E-state index in [2.05, 4.69) is 10.6 Å². The minimum absolute atomic E-state index is 0.488. The average molecular weight is 377 g/mol. The Bertz CT molecular complexity index is 328. The van der Waals surface area contributed by atoms with Gasteiger partial charge in [-0.1, -0.05) is 38.5 Å². The SMILES string of the molecule is C1CCC2CNCCC2C1.Cl[SiH](Cl)C1NCCC2CCCCC21. The first-order valence-corrected chi connectivity index (χ1v) is 14.1. The van der Waals surface area contributed by atoms with Crippen molar-refractivity contribution < 1.29 is 0 Å². The second-order valence-electron chi connectivity index (χ2n) is 8.11. The molecule has 4 rings (SSSR count). The molecule has 2 nitrogen and oxygen atoms in total. The van der Waals surface area contributed by atoms with Crippen LogP contribution in [0.25, 0.3) is 0 Å². The van der Waals surface area contributed by atoms with Gasteiger partial charge >= 0.3 is 0 Å². The highest BCUT2D eigenvalue weighted by Crippen LogP contribution is 2.38. The molecule has 2 aliphatic heterocycles. The maximum Gasteiger partial charge on any atom is 0.253 e. The van der Waals surface area contributed by atoms with Gasteiger partial charge in [0, 0.05) is 5.67 Å². The molecule has 0 aromatic carbocycles. The van der Waals surface area contributed by atoms with E-state index in [1.54, 1.807) is 0 Å². The van der Waals surface area contributed by atoms with Crippen molar-refractivity contribution >= 4 is 29.6 Å². The van der Waals surface area contributed by atoms with Crippen molar-refractivity contribution in [2.24, 2.45) is 23.7 Å². The maximum atomic E-state index is 6.12. The number of nitrogens with one attached hydrogen (secondary N) is 2. The second kappa shape index (κ2) is 9.42. The van der Waals surface area contributed by atoms with E-state index in [1.165, 1.54) is 77.3 Å². The molecule has 0 amide bonds. The van der Waals surface area contributed by atoms with Crippen LogP contribution in [0.15, 0.2) is 0 Å². The molecule has 134 valence electrons. The largest absolute Gasteiger partial charge is 0.316 e. The van der Waals surface area contributed by atoms with Gasteiger partial charge in [0.25, 0.3) is 7.42 Å². The first-order valence-electron chi connectivity index (χ1n) is 9.98. The standard InChI is InChI=1S/C9H17Cl2NSi.C9H17N/c10-13(11)9-8-4-2-1-3-7(8)5-6-12-9;1-2-4-9-7-10-6-5-8(9)3-1/h7-9,12-13H,1-6H2;8-10H,1-7H2. The van der Waals surface area contributed by atoms with Gasteiger partial charge in [-0.05, 0) is 69.0 Å². The second-order valence-corrected chi connectivity index (χ2v) is 13.0. The van der Waals surface area contributed by atoms with Crippen molar-refractivity contribution in [3.8, 4) is 0 Å². The molecule has 0 aromatic heterocycles. The summed E-state index contributed by atoms with van der Waals surface area (Å²) < 4.78 is 0. The maximum absolute atomic E-state index is 6.12. The monoisotopic (exact) mass is 376 g/mol. The van der Waals surface area contributed by atoms with E-state index in [-0.39, 0.29) is 0 Å². The van der Waals surface area contributed by atoms with Crippen LogP contribution in [0.1, 0.15) is 64.2 Å². The van der Waals surface area contributed by atoms with Gasteiger partial charge in [0.05, 0.1) is 0 Å². The van der Waals surface area contributed by atoms with Crippen molar-refractivity contribution in [2.75, 3.05) is 19.6 Å². The van der Waals surface area contributed by atoms with E-state index >= 15 is 0 Å². The summed E-state index contributed by atoms with van der Waals surface area (Å²) >= 11 is 12.2. The molecule has 4 fully saturated rings. The Balaban J connectivity index is 0.000000140. The summed E-state index contributed by atoms with van der Waals surface area (Å²) in [5.41, 5.74) is 0.488. The molecule has 2 heterocycles. The molecule has 23 heavy (non-hydrogen) atoms. The third kappa shape index (κ3) is 5.10. The molecule has 0 aromatic rings. The lowest BCUT2D eigenvalue weighted by Crippen LogP contribution is -2.52. The summed E-state index contributed by atoms with van der Waals surface area (Å²) in [5.74, 6) is 3.86. The molecule has 2 saturated heterocycles. The summed E-state index contributed by atoms with van der Waals surface area (Å²) in [6.07, 6.45) is 14.4. The number of hydrogen-bond donors (Lipinski definition) is 2. The van der Waals surface area contributed by atoms with E-state index in [0.717, 1.165) is 30.2 Å². The Kier molecular flexibility index (Phi) is 7.58. The van der Waals surface area contributed by atoms with Crippen LogP contribution in [0.3, 0.4) is 0 Å². The third-order valence-electron chi connectivity index (χ3n) is 6.76. The summed E-state index contributed by atoms with van der Waals surface area (Å²) in [6.45, 7) is 3.72. The van der Waals surface area contributed by atoms with E-state index in [0.29, 0.717) is 5.67 Å². The van der Waals surface area contributed by atoms with Crippen LogP contribution in [-0.4, -0.2) is 32.7 Å². The highest BCUT2D eigenvalue weighted by molar-refractivity contribution is 7.34. The molecule has 5 atom stereocenters. The molecule has 5 heteroatoms. The fraction of sp³-hybridized carbons (Fsp3) is 1.00. The van der Waals surface area contributed by atoms with Crippen LogP contribution in [0, 0.1) is 23.7 Å². The fourth-order valence-electron chi connectivity index (χ4n) is 5.44. The van der Waals surface area contributed by atoms with Crippen LogP contribution in [0.2, 0.25) is 0 Å². The Morgan fingerprint density at radius 3 is 2.09 bits per heavy atom. The molecule has 0 bridgehead atoms. The smallest absolute Gasteiger partial charge is 0.253 e. The quantitative estimate of drug-likeness (QED) is 0.529. The fourth-order valence-corrected chi connectivity index (χ4v) is 8.32. The lowest BCUT2D eigenvalue weighted by atomic mass is 9.75. The normalized spacial score (nSPS) is 40.6. The molecular weight excluding hydrogens is 343 g/mol. The summed E-state index contributed by atoms with van der Waals surface area (Å²) in [4.78, 5) is 0. The summed E-state index contributed by atoms with van der Waals surface area (Å²) in [6, 6.07) is 0. The first-order chi connectivity index (χ1) is 11.3. The molecule has 2 N–H and O–H groups in total. The van der Waals surface area contributed by atoms with Gasteiger partial charge in [0.1, 0.15) is 0 Å². The first kappa shape index (κ1) is 18.5. The van der Waals surface area contributed by atoms with E-state index in [4.69, 9.17) is 22.2 Å². The van der Waals surface area contributed by atoms with Crippen LogP contribution in [0.4, 0.5) is 0 Å². The minimum Gasteiger partial charge on any atom is -0.316 e. The minimum atomic E-state index is -1.51. The average Bonchev–Trinajstić information content (AvgIpc) is 2.62. The predicted molar refractivity (Wildman–Crippen MR) is 104 cm³/mol. The van der Waals surface area contributed by atoms with Gasteiger partial charge in [0.15, 0.2) is 0 Å². The van der Waals surface area contributed by atoms with Crippen molar-refractivity contribution in [3.05, 3.63) is 0 Å². The Hall–Kier alpha value is 0.717. The molecule has 0 radical (unpaired) electrons. The lowest BCUT2D eigenvalue weighted by molar-refractivity contribution is 0.167.